The van der Waals surface area contributed by atoms with Crippen molar-refractivity contribution in [3.05, 3.63) is 23.0 Å². The van der Waals surface area contributed by atoms with E-state index in [9.17, 15) is 4.79 Å². The lowest BCUT2D eigenvalue weighted by Gasteiger charge is -2.19. The summed E-state index contributed by atoms with van der Waals surface area (Å²) in [6, 6.07) is 0. The number of hydrogen-bond acceptors (Lipinski definition) is 3. The van der Waals surface area contributed by atoms with Crippen LogP contribution in [-0.4, -0.2) is 33.3 Å². The second-order valence-corrected chi connectivity index (χ2v) is 5.23. The maximum Gasteiger partial charge on any atom is 0.274 e. The van der Waals surface area contributed by atoms with Crippen molar-refractivity contribution >= 4 is 22.2 Å². The average Bonchev–Trinajstić information content (AvgIpc) is 2.93. The molecule has 0 bridgehead atoms. The summed E-state index contributed by atoms with van der Waals surface area (Å²) in [4.78, 5) is 19.5. The number of rotatable bonds is 5. The van der Waals surface area contributed by atoms with Gasteiger partial charge in [0.15, 0.2) is 4.96 Å². The molecule has 2 aromatic rings. The number of amides is 1. The highest BCUT2D eigenvalue weighted by Gasteiger charge is 2.17. The van der Waals surface area contributed by atoms with Crippen molar-refractivity contribution in [1.29, 1.82) is 0 Å². The fourth-order valence-corrected chi connectivity index (χ4v) is 2.76. The van der Waals surface area contributed by atoms with E-state index in [1.54, 1.807) is 11.3 Å². The molecule has 0 atom stereocenters. The summed E-state index contributed by atoms with van der Waals surface area (Å²) in [5.41, 5.74) is 1.68. The van der Waals surface area contributed by atoms with Gasteiger partial charge in [-0.25, -0.2) is 4.98 Å². The Morgan fingerprint density at radius 2 is 2.28 bits per heavy atom. The van der Waals surface area contributed by atoms with Gasteiger partial charge in [0.25, 0.3) is 5.91 Å². The standard InChI is InChI=1S/C13H19N3OS/c1-4-6-7-15(5-2)12(17)11-8-16-10(3)9-18-13(16)14-11/h8-9H,4-7H2,1-3H3. The predicted molar refractivity (Wildman–Crippen MR) is 74.3 cm³/mol. The first kappa shape index (κ1) is 13.1. The fraction of sp³-hybridized carbons (Fsp3) is 0.538. The van der Waals surface area contributed by atoms with E-state index in [2.05, 4.69) is 11.9 Å². The number of fused-ring (bicyclic) bond motifs is 1. The highest BCUT2D eigenvalue weighted by molar-refractivity contribution is 7.15. The molecule has 18 heavy (non-hydrogen) atoms. The third-order valence-corrected chi connectivity index (χ3v) is 4.02. The number of aryl methyl sites for hydroxylation is 1. The van der Waals surface area contributed by atoms with Gasteiger partial charge in [-0.05, 0) is 20.3 Å². The van der Waals surface area contributed by atoms with Crippen LogP contribution in [0.4, 0.5) is 0 Å². The summed E-state index contributed by atoms with van der Waals surface area (Å²) in [5.74, 6) is 0.0428. The summed E-state index contributed by atoms with van der Waals surface area (Å²) in [7, 11) is 0. The van der Waals surface area contributed by atoms with Crippen LogP contribution in [-0.2, 0) is 0 Å². The van der Waals surface area contributed by atoms with E-state index < -0.39 is 0 Å². The SMILES string of the molecule is CCCCN(CC)C(=O)c1cn2c(C)csc2n1. The summed E-state index contributed by atoms with van der Waals surface area (Å²) < 4.78 is 1.98. The lowest BCUT2D eigenvalue weighted by Crippen LogP contribution is -2.31. The van der Waals surface area contributed by atoms with E-state index in [1.807, 2.05) is 34.7 Å². The summed E-state index contributed by atoms with van der Waals surface area (Å²) in [6.07, 6.45) is 3.99. The van der Waals surface area contributed by atoms with Gasteiger partial charge in [-0.15, -0.1) is 11.3 Å². The predicted octanol–water partition coefficient (Wildman–Crippen LogP) is 2.97. The van der Waals surface area contributed by atoms with Gasteiger partial charge in [0.1, 0.15) is 5.69 Å². The Labute approximate surface area is 111 Å². The van der Waals surface area contributed by atoms with Crippen molar-refractivity contribution in [3.63, 3.8) is 0 Å². The Bertz CT molecular complexity index is 543. The lowest BCUT2D eigenvalue weighted by molar-refractivity contribution is 0.0757. The summed E-state index contributed by atoms with van der Waals surface area (Å²) in [6.45, 7) is 7.72. The third kappa shape index (κ3) is 2.41. The number of aromatic nitrogens is 2. The fourth-order valence-electron chi connectivity index (χ4n) is 1.91. The number of thiazole rings is 1. The molecule has 0 radical (unpaired) electrons. The summed E-state index contributed by atoms with van der Waals surface area (Å²) >= 11 is 1.57. The number of nitrogens with zero attached hydrogens (tertiary/aromatic N) is 3. The van der Waals surface area contributed by atoms with Crippen molar-refractivity contribution < 1.29 is 4.79 Å². The topological polar surface area (TPSA) is 37.6 Å². The zero-order valence-electron chi connectivity index (χ0n) is 11.1. The zero-order valence-corrected chi connectivity index (χ0v) is 12.0. The van der Waals surface area contributed by atoms with E-state index in [0.717, 1.165) is 36.6 Å². The molecule has 0 aliphatic heterocycles. The molecule has 0 spiro atoms. The minimum Gasteiger partial charge on any atom is -0.338 e. The van der Waals surface area contributed by atoms with Crippen LogP contribution >= 0.6 is 11.3 Å². The number of unbranched alkanes of at least 4 members (excludes halogenated alkanes) is 1. The molecule has 0 saturated carbocycles. The van der Waals surface area contributed by atoms with E-state index in [4.69, 9.17) is 0 Å². The van der Waals surface area contributed by atoms with E-state index >= 15 is 0 Å². The highest BCUT2D eigenvalue weighted by Crippen LogP contribution is 2.16. The van der Waals surface area contributed by atoms with Crippen molar-refractivity contribution in [1.82, 2.24) is 14.3 Å². The van der Waals surface area contributed by atoms with Gasteiger partial charge in [0.05, 0.1) is 0 Å². The first-order chi connectivity index (χ1) is 8.67. The van der Waals surface area contributed by atoms with E-state index in [-0.39, 0.29) is 5.91 Å². The molecule has 0 N–H and O–H groups in total. The van der Waals surface area contributed by atoms with Crippen molar-refractivity contribution in [3.8, 4) is 0 Å². The van der Waals surface area contributed by atoms with Crippen molar-refractivity contribution in [2.24, 2.45) is 0 Å². The number of hydrogen-bond donors (Lipinski definition) is 0. The van der Waals surface area contributed by atoms with Gasteiger partial charge in [-0.3, -0.25) is 9.20 Å². The second kappa shape index (κ2) is 5.52. The molecule has 1 amide bonds. The second-order valence-electron chi connectivity index (χ2n) is 4.39. The molecule has 0 unspecified atom stereocenters. The molecule has 0 aromatic carbocycles. The first-order valence-corrected chi connectivity index (χ1v) is 7.27. The molecule has 2 rings (SSSR count). The van der Waals surface area contributed by atoms with Crippen LogP contribution in [0.1, 0.15) is 42.9 Å². The van der Waals surface area contributed by atoms with E-state index in [1.165, 1.54) is 0 Å². The van der Waals surface area contributed by atoms with Crippen molar-refractivity contribution in [2.45, 2.75) is 33.6 Å². The number of imidazole rings is 1. The minimum atomic E-state index is 0.0428. The molecule has 0 aliphatic rings. The van der Waals surface area contributed by atoms with Gasteiger partial charge < -0.3 is 4.90 Å². The van der Waals surface area contributed by atoms with Crippen LogP contribution in [0.5, 0.6) is 0 Å². The maximum atomic E-state index is 12.3. The molecule has 2 heterocycles. The molecule has 2 aromatic heterocycles. The zero-order chi connectivity index (χ0) is 13.1. The maximum absolute atomic E-state index is 12.3. The Morgan fingerprint density at radius 1 is 1.50 bits per heavy atom. The van der Waals surface area contributed by atoms with Gasteiger partial charge in [-0.1, -0.05) is 13.3 Å². The van der Waals surface area contributed by atoms with Gasteiger partial charge >= 0.3 is 0 Å². The smallest absolute Gasteiger partial charge is 0.274 e. The van der Waals surface area contributed by atoms with Gasteiger partial charge in [0.2, 0.25) is 0 Å². The third-order valence-electron chi connectivity index (χ3n) is 3.06. The molecule has 5 heteroatoms. The summed E-state index contributed by atoms with van der Waals surface area (Å²) in [5, 5.41) is 2.05. The normalized spacial score (nSPS) is 11.1. The quantitative estimate of drug-likeness (QED) is 0.833. The lowest BCUT2D eigenvalue weighted by atomic mass is 10.3. The Morgan fingerprint density at radius 3 is 2.89 bits per heavy atom. The Balaban J connectivity index is 2.20. The molecule has 4 nitrogen and oxygen atoms in total. The van der Waals surface area contributed by atoms with Gasteiger partial charge in [0, 0.05) is 30.4 Å². The van der Waals surface area contributed by atoms with Gasteiger partial charge in [-0.2, -0.15) is 0 Å². The average molecular weight is 265 g/mol. The monoisotopic (exact) mass is 265 g/mol. The molecular weight excluding hydrogens is 246 g/mol. The minimum absolute atomic E-state index is 0.0428. The largest absolute Gasteiger partial charge is 0.338 e. The van der Waals surface area contributed by atoms with Crippen LogP contribution in [0.3, 0.4) is 0 Å². The number of carbonyl (C=O) groups is 1. The highest BCUT2D eigenvalue weighted by atomic mass is 32.1. The number of carbonyl (C=O) groups excluding carboxylic acids is 1. The van der Waals surface area contributed by atoms with E-state index in [0.29, 0.717) is 5.69 Å². The molecule has 0 saturated heterocycles. The van der Waals surface area contributed by atoms with Crippen LogP contribution in [0.15, 0.2) is 11.6 Å². The Kier molecular flexibility index (Phi) is 4.01. The first-order valence-electron chi connectivity index (χ1n) is 6.39. The van der Waals surface area contributed by atoms with Crippen LogP contribution in [0.25, 0.3) is 4.96 Å². The van der Waals surface area contributed by atoms with Crippen LogP contribution in [0, 0.1) is 6.92 Å². The van der Waals surface area contributed by atoms with Crippen LogP contribution in [0.2, 0.25) is 0 Å². The van der Waals surface area contributed by atoms with Crippen LogP contribution < -0.4 is 0 Å². The molecular formula is C13H19N3OS. The molecule has 98 valence electrons. The molecule has 0 fully saturated rings. The Hall–Kier alpha value is -1.36. The molecule has 0 aliphatic carbocycles. The van der Waals surface area contributed by atoms with Crippen molar-refractivity contribution in [2.75, 3.05) is 13.1 Å².